The van der Waals surface area contributed by atoms with E-state index in [-0.39, 0.29) is 30.8 Å². The molecule has 2 aliphatic carbocycles. The topological polar surface area (TPSA) is 182 Å². The lowest BCUT2D eigenvalue weighted by Crippen LogP contribution is -2.60. The van der Waals surface area contributed by atoms with E-state index in [0.29, 0.717) is 24.0 Å². The number of rotatable bonds is 13. The molecule has 0 bridgehead atoms. The van der Waals surface area contributed by atoms with Crippen molar-refractivity contribution in [3.63, 3.8) is 0 Å². The first-order chi connectivity index (χ1) is 27.5. The molecule has 1 aromatic heterocycles. The largest absolute Gasteiger partial charge is 0.497 e. The van der Waals surface area contributed by atoms with Crippen LogP contribution in [0.5, 0.6) is 11.6 Å². The van der Waals surface area contributed by atoms with Gasteiger partial charge in [0.1, 0.15) is 35.1 Å². The van der Waals surface area contributed by atoms with E-state index in [1.54, 1.807) is 45.0 Å². The number of hydrogen-bond acceptors (Lipinski definition) is 10. The van der Waals surface area contributed by atoms with E-state index in [1.807, 2.05) is 0 Å². The van der Waals surface area contributed by atoms with Crippen LogP contribution in [-0.2, 0) is 40.9 Å². The number of nitrogens with one attached hydrogen (secondary N) is 3. The minimum absolute atomic E-state index is 0.0744. The van der Waals surface area contributed by atoms with Crippen molar-refractivity contribution in [3.8, 4) is 11.6 Å². The van der Waals surface area contributed by atoms with Gasteiger partial charge in [-0.3, -0.25) is 19.1 Å². The highest BCUT2D eigenvalue weighted by Crippen LogP contribution is 2.46. The van der Waals surface area contributed by atoms with E-state index < -0.39 is 91.5 Å². The standard InChI is InChI=1S/C41H48F3N5O9S/c1-8-24-21-40(24,36(52)48-59(54,55)29-14-15-29)47-33(50)31-20-28(57-34-30-16-13-27(56-7)19-23(30)17-18-45-34)22-49(31)35(51)32(38(2,3)4)46-37(53)58-39(5,6)25-9-11-26(12-10-25)41(42,43)44/h8-13,16-19,24,28-29,31-32H,1,14-15,20-22H2,2-7H3,(H,46,53)(H,47,50)(H,48,52)/t24?,28-,31+,32-,40-/m1/s1. The number of likely N-dealkylation sites (tertiary alicyclic amines) is 1. The molecular weight excluding hydrogens is 796 g/mol. The maximum absolute atomic E-state index is 14.7. The lowest BCUT2D eigenvalue weighted by Gasteiger charge is -2.36. The first-order valence-electron chi connectivity index (χ1n) is 19.1. The summed E-state index contributed by atoms with van der Waals surface area (Å²) in [6.45, 7) is 11.6. The van der Waals surface area contributed by atoms with Crippen LogP contribution >= 0.6 is 0 Å². The number of amides is 4. The summed E-state index contributed by atoms with van der Waals surface area (Å²) < 4.78 is 84.6. The maximum atomic E-state index is 14.7. The quantitative estimate of drug-likeness (QED) is 0.190. The first-order valence-corrected chi connectivity index (χ1v) is 20.6. The molecule has 1 aliphatic heterocycles. The van der Waals surface area contributed by atoms with Gasteiger partial charge in [-0.2, -0.15) is 13.2 Å². The number of hydrogen-bond donors (Lipinski definition) is 3. The van der Waals surface area contributed by atoms with Crippen molar-refractivity contribution < 1.29 is 55.0 Å². The SMILES string of the molecule is C=CC1C[C@]1(NC(=O)[C@@H]1C[C@@H](Oc2nccc3cc(OC)ccc23)CN1C(=O)[C@@H](NC(=O)OC(C)(C)c1ccc(C(F)(F)F)cc1)C(C)(C)C)C(=O)NS(=O)(=O)C1CC1. The second-order valence-corrected chi connectivity index (χ2v) is 18.7. The summed E-state index contributed by atoms with van der Waals surface area (Å²) in [5.41, 5.74) is -4.68. The van der Waals surface area contributed by atoms with Crippen LogP contribution in [0.15, 0.2) is 67.4 Å². The fraction of sp³-hybridized carbons (Fsp3) is 0.488. The second-order valence-electron chi connectivity index (χ2n) is 16.8. The Kier molecular flexibility index (Phi) is 11.5. The molecule has 14 nitrogen and oxygen atoms in total. The maximum Gasteiger partial charge on any atom is 0.416 e. The Morgan fingerprint density at radius 2 is 1.66 bits per heavy atom. The average molecular weight is 844 g/mol. The molecule has 3 aromatic rings. The van der Waals surface area contributed by atoms with Crippen LogP contribution in [0.4, 0.5) is 18.0 Å². The van der Waals surface area contributed by atoms with Gasteiger partial charge in [0.05, 0.1) is 24.5 Å². The van der Waals surface area contributed by atoms with Crippen LogP contribution in [0, 0.1) is 11.3 Å². The van der Waals surface area contributed by atoms with E-state index >= 15 is 0 Å². The Bertz CT molecular complexity index is 2260. The Morgan fingerprint density at radius 1 is 1.00 bits per heavy atom. The van der Waals surface area contributed by atoms with Crippen LogP contribution < -0.4 is 24.8 Å². The van der Waals surface area contributed by atoms with Gasteiger partial charge in [0.2, 0.25) is 27.7 Å². The summed E-state index contributed by atoms with van der Waals surface area (Å²) in [6, 6.07) is 8.60. The van der Waals surface area contributed by atoms with Gasteiger partial charge in [0.15, 0.2) is 0 Å². The molecule has 1 saturated heterocycles. The van der Waals surface area contributed by atoms with Gasteiger partial charge in [0.25, 0.3) is 5.91 Å². The highest BCUT2D eigenvalue weighted by Gasteiger charge is 2.62. The molecule has 3 N–H and O–H groups in total. The Hall–Kier alpha value is -5.39. The van der Waals surface area contributed by atoms with Gasteiger partial charge in [-0.15, -0.1) is 6.58 Å². The summed E-state index contributed by atoms with van der Waals surface area (Å²) in [5, 5.41) is 6.04. The molecule has 318 valence electrons. The summed E-state index contributed by atoms with van der Waals surface area (Å²) in [4.78, 5) is 61.8. The molecule has 6 rings (SSSR count). The highest BCUT2D eigenvalue weighted by atomic mass is 32.2. The van der Waals surface area contributed by atoms with Gasteiger partial charge in [-0.1, -0.05) is 39.0 Å². The van der Waals surface area contributed by atoms with E-state index in [1.165, 1.54) is 50.3 Å². The highest BCUT2D eigenvalue weighted by molar-refractivity contribution is 7.91. The number of benzene rings is 2. The molecule has 0 spiro atoms. The number of carbonyl (C=O) groups is 4. The zero-order chi connectivity index (χ0) is 43.3. The van der Waals surface area contributed by atoms with Crippen LogP contribution in [0.3, 0.4) is 0 Å². The number of alkyl halides is 3. The fourth-order valence-electron chi connectivity index (χ4n) is 7.21. The Balaban J connectivity index is 1.27. The summed E-state index contributed by atoms with van der Waals surface area (Å²) in [6.07, 6.45) is -2.63. The molecule has 18 heteroatoms. The van der Waals surface area contributed by atoms with Crippen molar-refractivity contribution in [1.29, 1.82) is 0 Å². The number of methoxy groups -OCH3 is 1. The zero-order valence-electron chi connectivity index (χ0n) is 33.5. The van der Waals surface area contributed by atoms with Gasteiger partial charge < -0.3 is 29.7 Å². The Labute approximate surface area is 340 Å². The molecule has 4 amide bonds. The van der Waals surface area contributed by atoms with Crippen LogP contribution in [-0.4, -0.2) is 84.7 Å². The van der Waals surface area contributed by atoms with Crippen molar-refractivity contribution in [1.82, 2.24) is 25.2 Å². The first kappa shape index (κ1) is 43.2. The summed E-state index contributed by atoms with van der Waals surface area (Å²) in [7, 11) is -2.43. The normalized spacial score (nSPS) is 22.5. The predicted octanol–water partition coefficient (Wildman–Crippen LogP) is 5.36. The van der Waals surface area contributed by atoms with Crippen molar-refractivity contribution in [2.45, 2.75) is 101 Å². The molecule has 3 aliphatic rings. The number of nitrogens with zero attached hydrogens (tertiary/aromatic N) is 2. The minimum atomic E-state index is -4.56. The minimum Gasteiger partial charge on any atom is -0.497 e. The van der Waals surface area contributed by atoms with E-state index in [4.69, 9.17) is 14.2 Å². The third-order valence-corrected chi connectivity index (χ3v) is 12.8. The fourth-order valence-corrected chi connectivity index (χ4v) is 8.58. The second kappa shape index (κ2) is 15.7. The smallest absolute Gasteiger partial charge is 0.416 e. The number of fused-ring (bicyclic) bond motifs is 1. The summed E-state index contributed by atoms with van der Waals surface area (Å²) >= 11 is 0. The van der Waals surface area contributed by atoms with Crippen molar-refractivity contribution in [3.05, 3.63) is 78.5 Å². The number of ether oxygens (including phenoxy) is 3. The molecule has 2 heterocycles. The lowest BCUT2D eigenvalue weighted by molar-refractivity contribution is -0.143. The van der Waals surface area contributed by atoms with Gasteiger partial charge in [-0.05, 0) is 85.9 Å². The molecular formula is C41H48F3N5O9S. The van der Waals surface area contributed by atoms with E-state index in [2.05, 4.69) is 26.9 Å². The predicted molar refractivity (Wildman–Crippen MR) is 209 cm³/mol. The third-order valence-electron chi connectivity index (χ3n) is 10.9. The number of aromatic nitrogens is 1. The van der Waals surface area contributed by atoms with Crippen molar-refractivity contribution >= 4 is 44.6 Å². The summed E-state index contributed by atoms with van der Waals surface area (Å²) in [5.74, 6) is -2.14. The molecule has 5 atom stereocenters. The average Bonchev–Trinajstić information content (AvgIpc) is 4.09. The third kappa shape index (κ3) is 9.26. The number of sulfonamides is 1. The van der Waals surface area contributed by atoms with Gasteiger partial charge in [0, 0.05) is 23.9 Å². The van der Waals surface area contributed by atoms with Gasteiger partial charge in [-0.25, -0.2) is 18.2 Å². The van der Waals surface area contributed by atoms with Crippen molar-refractivity contribution in [2.75, 3.05) is 13.7 Å². The number of alkyl carbamates (subject to hydrolysis) is 1. The number of pyridine rings is 1. The van der Waals surface area contributed by atoms with E-state index in [0.717, 1.165) is 17.5 Å². The van der Waals surface area contributed by atoms with Crippen LogP contribution in [0.25, 0.3) is 10.8 Å². The molecule has 3 fully saturated rings. The monoisotopic (exact) mass is 843 g/mol. The van der Waals surface area contributed by atoms with Crippen LogP contribution in [0.2, 0.25) is 0 Å². The zero-order valence-corrected chi connectivity index (χ0v) is 34.3. The van der Waals surface area contributed by atoms with E-state index in [9.17, 15) is 40.8 Å². The molecule has 2 saturated carbocycles. The molecule has 0 radical (unpaired) electrons. The Morgan fingerprint density at radius 3 is 2.24 bits per heavy atom. The molecule has 59 heavy (non-hydrogen) atoms. The number of carbonyl (C=O) groups excluding carboxylic acids is 4. The molecule has 2 aromatic carbocycles. The lowest BCUT2D eigenvalue weighted by atomic mass is 9.85. The van der Waals surface area contributed by atoms with Crippen molar-refractivity contribution in [2.24, 2.45) is 11.3 Å². The number of halogens is 3. The van der Waals surface area contributed by atoms with Gasteiger partial charge >= 0.3 is 12.3 Å². The van der Waals surface area contributed by atoms with Crippen LogP contribution in [0.1, 0.15) is 71.4 Å². The molecule has 1 unspecified atom stereocenters.